The first kappa shape index (κ1) is 12.2. The summed E-state index contributed by atoms with van der Waals surface area (Å²) in [6, 6.07) is 1.89. The van der Waals surface area contributed by atoms with Crippen LogP contribution in [0.2, 0.25) is 0 Å². The third-order valence-electron chi connectivity index (χ3n) is 2.70. The number of halogens is 1. The van der Waals surface area contributed by atoms with Gasteiger partial charge in [-0.2, -0.15) is 0 Å². The summed E-state index contributed by atoms with van der Waals surface area (Å²) in [5.74, 6) is 0. The molecule has 96 valence electrons. The number of hydrogen-bond acceptors (Lipinski definition) is 5. The Bertz CT molecular complexity index is 681. The van der Waals surface area contributed by atoms with Gasteiger partial charge in [0.05, 0.1) is 23.8 Å². The first-order chi connectivity index (χ1) is 9.33. The first-order valence-corrected chi connectivity index (χ1v) is 6.55. The number of nitrogens with zero attached hydrogens (tertiary/aromatic N) is 5. The normalized spacial score (nSPS) is 11.0. The van der Waals surface area contributed by atoms with Crippen molar-refractivity contribution in [1.29, 1.82) is 0 Å². The fourth-order valence-corrected chi connectivity index (χ4v) is 2.10. The predicted molar refractivity (Wildman–Crippen MR) is 73.3 cm³/mol. The molecular weight excluding hydrogens is 308 g/mol. The topological polar surface area (TPSA) is 68.0 Å². The summed E-state index contributed by atoms with van der Waals surface area (Å²) < 4.78 is 2.79. The van der Waals surface area contributed by atoms with Crippen LogP contribution >= 0.6 is 15.9 Å². The molecule has 0 saturated heterocycles. The van der Waals surface area contributed by atoms with Crippen LogP contribution in [0.1, 0.15) is 11.4 Å². The van der Waals surface area contributed by atoms with Gasteiger partial charge in [-0.3, -0.25) is 4.40 Å². The standard InChI is InChI=1S/C12H11BrN6/c13-11-7-19-10(5-17-12(19)6-16-11)4-15-3-9-1-2-14-8-18-9/h1-2,5-8,15H,3-4H2. The van der Waals surface area contributed by atoms with E-state index in [4.69, 9.17) is 0 Å². The van der Waals surface area contributed by atoms with Gasteiger partial charge in [0.1, 0.15) is 10.9 Å². The quantitative estimate of drug-likeness (QED) is 0.791. The van der Waals surface area contributed by atoms with Crippen molar-refractivity contribution in [3.63, 3.8) is 0 Å². The van der Waals surface area contributed by atoms with Crippen LogP contribution in [0.25, 0.3) is 5.65 Å². The average molecular weight is 319 g/mol. The summed E-state index contributed by atoms with van der Waals surface area (Å²) in [5.41, 5.74) is 2.88. The molecule has 0 radical (unpaired) electrons. The Hall–Kier alpha value is -1.86. The lowest BCUT2D eigenvalue weighted by atomic mass is 10.4. The molecule has 0 amide bonds. The van der Waals surface area contributed by atoms with E-state index in [-0.39, 0.29) is 0 Å². The van der Waals surface area contributed by atoms with Gasteiger partial charge in [0.25, 0.3) is 0 Å². The summed E-state index contributed by atoms with van der Waals surface area (Å²) in [6.45, 7) is 1.41. The zero-order valence-corrected chi connectivity index (χ0v) is 11.6. The number of nitrogens with one attached hydrogen (secondary N) is 1. The van der Waals surface area contributed by atoms with E-state index < -0.39 is 0 Å². The number of imidazole rings is 1. The summed E-state index contributed by atoms with van der Waals surface area (Å²) >= 11 is 3.36. The van der Waals surface area contributed by atoms with Crippen molar-refractivity contribution in [3.05, 3.63) is 53.2 Å². The fraction of sp³-hybridized carbons (Fsp3) is 0.167. The molecule has 0 fully saturated rings. The van der Waals surface area contributed by atoms with Crippen LogP contribution in [0.15, 0.2) is 41.8 Å². The number of fused-ring (bicyclic) bond motifs is 1. The van der Waals surface area contributed by atoms with Crippen molar-refractivity contribution in [2.45, 2.75) is 13.1 Å². The highest BCUT2D eigenvalue weighted by atomic mass is 79.9. The highest BCUT2D eigenvalue weighted by Gasteiger charge is 2.04. The third kappa shape index (κ3) is 2.77. The van der Waals surface area contributed by atoms with Crippen molar-refractivity contribution in [2.75, 3.05) is 0 Å². The van der Waals surface area contributed by atoms with Gasteiger partial charge < -0.3 is 5.32 Å². The lowest BCUT2D eigenvalue weighted by Crippen LogP contribution is -2.15. The molecule has 3 aromatic rings. The van der Waals surface area contributed by atoms with Crippen molar-refractivity contribution >= 4 is 21.6 Å². The van der Waals surface area contributed by atoms with Crippen LogP contribution in [-0.4, -0.2) is 24.3 Å². The monoisotopic (exact) mass is 318 g/mol. The Morgan fingerprint density at radius 1 is 1.16 bits per heavy atom. The van der Waals surface area contributed by atoms with E-state index in [0.717, 1.165) is 21.6 Å². The predicted octanol–water partition coefficient (Wildman–Crippen LogP) is 1.57. The summed E-state index contributed by atoms with van der Waals surface area (Å²) in [4.78, 5) is 16.5. The third-order valence-corrected chi connectivity index (χ3v) is 3.11. The Balaban J connectivity index is 1.70. The van der Waals surface area contributed by atoms with Crippen molar-refractivity contribution in [2.24, 2.45) is 0 Å². The Morgan fingerprint density at radius 2 is 2.11 bits per heavy atom. The maximum absolute atomic E-state index is 4.30. The molecule has 7 heteroatoms. The molecule has 0 atom stereocenters. The van der Waals surface area contributed by atoms with Gasteiger partial charge in [-0.1, -0.05) is 0 Å². The first-order valence-electron chi connectivity index (χ1n) is 5.76. The van der Waals surface area contributed by atoms with Crippen molar-refractivity contribution in [1.82, 2.24) is 29.7 Å². The van der Waals surface area contributed by atoms with Gasteiger partial charge >= 0.3 is 0 Å². The highest BCUT2D eigenvalue weighted by Crippen LogP contribution is 2.10. The van der Waals surface area contributed by atoms with E-state index in [9.17, 15) is 0 Å². The van der Waals surface area contributed by atoms with Gasteiger partial charge in [0, 0.05) is 25.5 Å². The van der Waals surface area contributed by atoms with Crippen LogP contribution in [-0.2, 0) is 13.1 Å². The van der Waals surface area contributed by atoms with Crippen LogP contribution in [0, 0.1) is 0 Å². The molecule has 0 aliphatic heterocycles. The van der Waals surface area contributed by atoms with Crippen molar-refractivity contribution < 1.29 is 0 Å². The second-order valence-electron chi connectivity index (χ2n) is 3.99. The Labute approximate surface area is 118 Å². The van der Waals surface area contributed by atoms with E-state index in [1.54, 1.807) is 18.7 Å². The minimum Gasteiger partial charge on any atom is -0.306 e. The summed E-state index contributed by atoms with van der Waals surface area (Å²) in [7, 11) is 0. The molecule has 0 bridgehead atoms. The van der Waals surface area contributed by atoms with Crippen molar-refractivity contribution in [3.8, 4) is 0 Å². The van der Waals surface area contributed by atoms with E-state index in [1.165, 1.54) is 0 Å². The number of hydrogen-bond donors (Lipinski definition) is 1. The zero-order chi connectivity index (χ0) is 13.1. The lowest BCUT2D eigenvalue weighted by Gasteiger charge is -2.04. The van der Waals surface area contributed by atoms with E-state index >= 15 is 0 Å². The zero-order valence-electron chi connectivity index (χ0n) is 9.99. The molecule has 0 aromatic carbocycles. The van der Waals surface area contributed by atoms with Gasteiger partial charge in [0.15, 0.2) is 5.65 Å². The highest BCUT2D eigenvalue weighted by molar-refractivity contribution is 9.10. The molecular formula is C12H11BrN6. The van der Waals surface area contributed by atoms with Crippen LogP contribution in [0.3, 0.4) is 0 Å². The maximum atomic E-state index is 4.30. The lowest BCUT2D eigenvalue weighted by molar-refractivity contribution is 0.661. The molecule has 3 heterocycles. The molecule has 0 spiro atoms. The minimum absolute atomic E-state index is 0.696. The largest absolute Gasteiger partial charge is 0.306 e. The molecule has 0 unspecified atom stereocenters. The van der Waals surface area contributed by atoms with Gasteiger partial charge in [-0.25, -0.2) is 19.9 Å². The van der Waals surface area contributed by atoms with Gasteiger partial charge in [0.2, 0.25) is 0 Å². The number of aromatic nitrogens is 5. The van der Waals surface area contributed by atoms with Crippen LogP contribution in [0.4, 0.5) is 0 Å². The second kappa shape index (κ2) is 5.41. The van der Waals surface area contributed by atoms with E-state index in [0.29, 0.717) is 13.1 Å². The van der Waals surface area contributed by atoms with Crippen LogP contribution < -0.4 is 5.32 Å². The fourth-order valence-electron chi connectivity index (χ4n) is 1.79. The molecule has 19 heavy (non-hydrogen) atoms. The molecule has 3 rings (SSSR count). The molecule has 0 aliphatic carbocycles. The van der Waals surface area contributed by atoms with Gasteiger partial charge in [-0.05, 0) is 22.0 Å². The Kier molecular flexibility index (Phi) is 3.47. The summed E-state index contributed by atoms with van der Waals surface area (Å²) in [5, 5.41) is 3.33. The molecule has 3 aromatic heterocycles. The molecule has 0 aliphatic rings. The molecule has 0 saturated carbocycles. The SMILES string of the molecule is Brc1cn2c(CNCc3ccncn3)cnc2cn1. The van der Waals surface area contributed by atoms with Crippen LogP contribution in [0.5, 0.6) is 0 Å². The maximum Gasteiger partial charge on any atom is 0.155 e. The molecule has 1 N–H and O–H groups in total. The van der Waals surface area contributed by atoms with E-state index in [1.807, 2.05) is 22.9 Å². The smallest absolute Gasteiger partial charge is 0.155 e. The second-order valence-corrected chi connectivity index (χ2v) is 4.80. The van der Waals surface area contributed by atoms with Gasteiger partial charge in [-0.15, -0.1) is 0 Å². The summed E-state index contributed by atoms with van der Waals surface area (Å²) in [6.07, 6.45) is 8.77. The average Bonchev–Trinajstić information content (AvgIpc) is 2.83. The Morgan fingerprint density at radius 3 is 2.95 bits per heavy atom. The van der Waals surface area contributed by atoms with E-state index in [2.05, 4.69) is 41.2 Å². The minimum atomic E-state index is 0.696. The molecule has 6 nitrogen and oxygen atoms in total. The number of rotatable bonds is 4.